The molecule has 2 heterocycles. The van der Waals surface area contributed by atoms with Gasteiger partial charge in [-0.15, -0.1) is 0 Å². The molecule has 1 aliphatic heterocycles. The first-order chi connectivity index (χ1) is 8.55. The lowest BCUT2D eigenvalue weighted by atomic mass is 9.84. The Morgan fingerprint density at radius 1 is 1.33 bits per heavy atom. The van der Waals surface area contributed by atoms with E-state index in [1.807, 2.05) is 7.05 Å². The van der Waals surface area contributed by atoms with E-state index in [1.165, 1.54) is 0 Å². The van der Waals surface area contributed by atoms with Gasteiger partial charge in [0.25, 0.3) is 0 Å². The molecule has 96 valence electrons. The summed E-state index contributed by atoms with van der Waals surface area (Å²) < 4.78 is 0. The lowest BCUT2D eigenvalue weighted by Gasteiger charge is -2.43. The standard InChI is InChI=1S/C14H20N4/c1-9-14(2,3)12-13(17-6-5-16-12)18(9)11-7-10(8-11)15-4/h5-6,10-11,15H,1,7-8H2,2-4H3. The second-order valence-corrected chi connectivity index (χ2v) is 5.78. The van der Waals surface area contributed by atoms with Gasteiger partial charge in [0.2, 0.25) is 0 Å². The van der Waals surface area contributed by atoms with Crippen molar-refractivity contribution in [1.29, 1.82) is 0 Å². The summed E-state index contributed by atoms with van der Waals surface area (Å²) in [7, 11) is 2.03. The van der Waals surface area contributed by atoms with E-state index in [2.05, 4.69) is 40.6 Å². The molecule has 0 unspecified atom stereocenters. The minimum atomic E-state index is -0.103. The highest BCUT2D eigenvalue weighted by Crippen LogP contribution is 2.47. The van der Waals surface area contributed by atoms with Crippen LogP contribution < -0.4 is 10.2 Å². The van der Waals surface area contributed by atoms with E-state index in [9.17, 15) is 0 Å². The number of nitrogens with zero attached hydrogens (tertiary/aromatic N) is 3. The Morgan fingerprint density at radius 3 is 2.67 bits per heavy atom. The summed E-state index contributed by atoms with van der Waals surface area (Å²) in [6, 6.07) is 1.15. The Kier molecular flexibility index (Phi) is 2.45. The van der Waals surface area contributed by atoms with Gasteiger partial charge in [-0.05, 0) is 33.7 Å². The number of anilines is 1. The first kappa shape index (κ1) is 11.7. The molecule has 0 spiro atoms. The van der Waals surface area contributed by atoms with Gasteiger partial charge < -0.3 is 10.2 Å². The third-order valence-electron chi connectivity index (χ3n) is 4.40. The second kappa shape index (κ2) is 3.79. The predicted molar refractivity (Wildman–Crippen MR) is 72.5 cm³/mol. The largest absolute Gasteiger partial charge is 0.325 e. The number of nitrogens with one attached hydrogen (secondary N) is 1. The highest BCUT2D eigenvalue weighted by atomic mass is 15.3. The van der Waals surface area contributed by atoms with Crippen molar-refractivity contribution in [1.82, 2.24) is 15.3 Å². The summed E-state index contributed by atoms with van der Waals surface area (Å²) in [5, 5.41) is 3.32. The van der Waals surface area contributed by atoms with Crippen LogP contribution in [0.5, 0.6) is 0 Å². The topological polar surface area (TPSA) is 41.0 Å². The molecule has 0 atom stereocenters. The van der Waals surface area contributed by atoms with Crippen molar-refractivity contribution < 1.29 is 0 Å². The zero-order valence-corrected chi connectivity index (χ0v) is 11.3. The van der Waals surface area contributed by atoms with Crippen LogP contribution in [0.25, 0.3) is 0 Å². The summed E-state index contributed by atoms with van der Waals surface area (Å²) in [5.74, 6) is 1.01. The predicted octanol–water partition coefficient (Wildman–Crippen LogP) is 1.84. The third-order valence-corrected chi connectivity index (χ3v) is 4.40. The van der Waals surface area contributed by atoms with Crippen molar-refractivity contribution in [3.63, 3.8) is 0 Å². The van der Waals surface area contributed by atoms with Crippen LogP contribution >= 0.6 is 0 Å². The van der Waals surface area contributed by atoms with Crippen molar-refractivity contribution in [2.24, 2.45) is 0 Å². The molecule has 0 bridgehead atoms. The van der Waals surface area contributed by atoms with E-state index in [4.69, 9.17) is 0 Å². The van der Waals surface area contributed by atoms with Gasteiger partial charge >= 0.3 is 0 Å². The van der Waals surface area contributed by atoms with Crippen LogP contribution in [-0.2, 0) is 5.41 Å². The smallest absolute Gasteiger partial charge is 0.155 e. The molecule has 0 saturated heterocycles. The highest BCUT2D eigenvalue weighted by Gasteiger charge is 2.46. The normalized spacial score (nSPS) is 29.1. The van der Waals surface area contributed by atoms with Gasteiger partial charge in [-0.3, -0.25) is 4.98 Å². The molecule has 0 aromatic carbocycles. The molecule has 1 saturated carbocycles. The summed E-state index contributed by atoms with van der Waals surface area (Å²) in [6.07, 6.45) is 5.85. The Morgan fingerprint density at radius 2 is 2.00 bits per heavy atom. The van der Waals surface area contributed by atoms with E-state index >= 15 is 0 Å². The fourth-order valence-electron chi connectivity index (χ4n) is 2.94. The maximum Gasteiger partial charge on any atom is 0.155 e. The summed E-state index contributed by atoms with van der Waals surface area (Å²) >= 11 is 0. The number of fused-ring (bicyclic) bond motifs is 1. The zero-order valence-electron chi connectivity index (χ0n) is 11.3. The van der Waals surface area contributed by atoms with Crippen molar-refractivity contribution in [3.05, 3.63) is 30.4 Å². The van der Waals surface area contributed by atoms with Crippen LogP contribution in [-0.4, -0.2) is 29.1 Å². The van der Waals surface area contributed by atoms with Crippen LogP contribution in [0.4, 0.5) is 5.82 Å². The molecule has 18 heavy (non-hydrogen) atoms. The van der Waals surface area contributed by atoms with E-state index < -0.39 is 0 Å². The molecule has 0 radical (unpaired) electrons. The van der Waals surface area contributed by atoms with Crippen LogP contribution in [0.15, 0.2) is 24.7 Å². The number of hydrogen-bond acceptors (Lipinski definition) is 4. The van der Waals surface area contributed by atoms with Gasteiger partial charge in [0, 0.05) is 30.2 Å². The van der Waals surface area contributed by atoms with Crippen molar-refractivity contribution in [3.8, 4) is 0 Å². The lowest BCUT2D eigenvalue weighted by Crippen LogP contribution is -2.51. The molecule has 4 heteroatoms. The number of allylic oxidation sites excluding steroid dienone is 1. The minimum Gasteiger partial charge on any atom is -0.325 e. The summed E-state index contributed by atoms with van der Waals surface area (Å²) in [5.41, 5.74) is 2.08. The maximum absolute atomic E-state index is 4.52. The summed E-state index contributed by atoms with van der Waals surface area (Å²) in [4.78, 5) is 11.3. The van der Waals surface area contributed by atoms with Crippen LogP contribution in [0.1, 0.15) is 32.4 Å². The monoisotopic (exact) mass is 244 g/mol. The van der Waals surface area contributed by atoms with E-state index in [0.29, 0.717) is 12.1 Å². The minimum absolute atomic E-state index is 0.103. The molecule has 1 N–H and O–H groups in total. The van der Waals surface area contributed by atoms with Gasteiger partial charge in [-0.1, -0.05) is 6.58 Å². The quantitative estimate of drug-likeness (QED) is 0.862. The highest BCUT2D eigenvalue weighted by molar-refractivity contribution is 5.64. The molecule has 1 aliphatic carbocycles. The molecule has 4 nitrogen and oxygen atoms in total. The average Bonchev–Trinajstić information content (AvgIpc) is 2.50. The Hall–Kier alpha value is -1.42. The van der Waals surface area contributed by atoms with Gasteiger partial charge in [0.1, 0.15) is 0 Å². The van der Waals surface area contributed by atoms with Gasteiger partial charge in [-0.25, -0.2) is 4.98 Å². The lowest BCUT2D eigenvalue weighted by molar-refractivity contribution is 0.298. The van der Waals surface area contributed by atoms with Gasteiger partial charge in [0.15, 0.2) is 5.82 Å². The average molecular weight is 244 g/mol. The van der Waals surface area contributed by atoms with Gasteiger partial charge in [-0.2, -0.15) is 0 Å². The van der Waals surface area contributed by atoms with Gasteiger partial charge in [0.05, 0.1) is 11.1 Å². The van der Waals surface area contributed by atoms with Crippen molar-refractivity contribution >= 4 is 5.82 Å². The molecular formula is C14H20N4. The SMILES string of the molecule is C=C1N(C2CC(NC)C2)c2nccnc2C1(C)C. The molecule has 2 aliphatic rings. The Labute approximate surface area is 108 Å². The van der Waals surface area contributed by atoms with E-state index in [-0.39, 0.29) is 5.41 Å². The maximum atomic E-state index is 4.52. The fraction of sp³-hybridized carbons (Fsp3) is 0.571. The molecule has 0 amide bonds. The van der Waals surface area contributed by atoms with Crippen LogP contribution in [0, 0.1) is 0 Å². The molecule has 1 fully saturated rings. The number of rotatable bonds is 2. The van der Waals surface area contributed by atoms with Crippen molar-refractivity contribution in [2.75, 3.05) is 11.9 Å². The molecular weight excluding hydrogens is 224 g/mol. The first-order valence-corrected chi connectivity index (χ1v) is 6.53. The summed E-state index contributed by atoms with van der Waals surface area (Å²) in [6.45, 7) is 8.64. The fourth-order valence-corrected chi connectivity index (χ4v) is 2.94. The third kappa shape index (κ3) is 1.42. The van der Waals surface area contributed by atoms with Crippen molar-refractivity contribution in [2.45, 2.75) is 44.2 Å². The Bertz CT molecular complexity index is 488. The molecule has 3 rings (SSSR count). The van der Waals surface area contributed by atoms with E-state index in [0.717, 1.165) is 30.1 Å². The van der Waals surface area contributed by atoms with Crippen LogP contribution in [0.3, 0.4) is 0 Å². The molecule has 1 aromatic heterocycles. The number of hydrogen-bond donors (Lipinski definition) is 1. The second-order valence-electron chi connectivity index (χ2n) is 5.78. The molecule has 1 aromatic rings. The Balaban J connectivity index is 1.95. The van der Waals surface area contributed by atoms with Crippen LogP contribution in [0.2, 0.25) is 0 Å². The zero-order chi connectivity index (χ0) is 12.9. The number of aromatic nitrogens is 2. The van der Waals surface area contributed by atoms with E-state index in [1.54, 1.807) is 12.4 Å². The first-order valence-electron chi connectivity index (χ1n) is 6.53.